The van der Waals surface area contributed by atoms with Crippen LogP contribution in [0.25, 0.3) is 0 Å². The highest BCUT2D eigenvalue weighted by Crippen LogP contribution is 2.16. The summed E-state index contributed by atoms with van der Waals surface area (Å²) in [7, 11) is 0. The summed E-state index contributed by atoms with van der Waals surface area (Å²) in [6.07, 6.45) is 2.65. The fraction of sp³-hybridized carbons (Fsp3) is 0.211. The quantitative estimate of drug-likeness (QED) is 0.734. The van der Waals surface area contributed by atoms with Crippen LogP contribution in [0.3, 0.4) is 0 Å². The van der Waals surface area contributed by atoms with Crippen molar-refractivity contribution >= 4 is 17.2 Å². The minimum atomic E-state index is -0.287. The summed E-state index contributed by atoms with van der Waals surface area (Å²) >= 11 is 1.53. The first-order chi connectivity index (χ1) is 12.1. The Morgan fingerprint density at radius 2 is 2.00 bits per heavy atom. The van der Waals surface area contributed by atoms with Gasteiger partial charge in [0.1, 0.15) is 5.82 Å². The van der Waals surface area contributed by atoms with E-state index in [1.807, 2.05) is 30.5 Å². The number of aromatic nitrogens is 2. The summed E-state index contributed by atoms with van der Waals surface area (Å²) in [6.45, 7) is 1.87. The minimum Gasteiger partial charge on any atom is -0.349 e. The number of benzene rings is 1. The van der Waals surface area contributed by atoms with Gasteiger partial charge in [0.15, 0.2) is 0 Å². The van der Waals surface area contributed by atoms with E-state index in [0.29, 0.717) is 6.42 Å². The van der Waals surface area contributed by atoms with Crippen molar-refractivity contribution in [3.63, 3.8) is 0 Å². The monoisotopic (exact) mass is 355 g/mol. The van der Waals surface area contributed by atoms with Crippen molar-refractivity contribution in [2.24, 2.45) is 0 Å². The lowest BCUT2D eigenvalue weighted by Crippen LogP contribution is -2.28. The second-order valence-corrected chi connectivity index (χ2v) is 6.69. The van der Waals surface area contributed by atoms with Crippen LogP contribution in [-0.2, 0) is 17.6 Å². The predicted molar refractivity (Wildman–Crippen MR) is 95.8 cm³/mol. The molecule has 6 heteroatoms. The highest BCUT2D eigenvalue weighted by molar-refractivity contribution is 7.09. The summed E-state index contributed by atoms with van der Waals surface area (Å²) in [4.78, 5) is 21.0. The van der Waals surface area contributed by atoms with Crippen LogP contribution in [0.4, 0.5) is 4.39 Å². The van der Waals surface area contributed by atoms with E-state index in [2.05, 4.69) is 15.3 Å². The predicted octanol–water partition coefficient (Wildman–Crippen LogP) is 3.69. The second-order valence-electron chi connectivity index (χ2n) is 5.75. The van der Waals surface area contributed by atoms with Crippen LogP contribution in [-0.4, -0.2) is 15.9 Å². The van der Waals surface area contributed by atoms with Gasteiger partial charge >= 0.3 is 0 Å². The molecular weight excluding hydrogens is 337 g/mol. The molecular formula is C19H18FN3OS. The van der Waals surface area contributed by atoms with Crippen LogP contribution >= 0.6 is 11.3 Å². The maximum Gasteiger partial charge on any atom is 0.226 e. The van der Waals surface area contributed by atoms with Crippen LogP contribution < -0.4 is 5.32 Å². The Kier molecular flexibility index (Phi) is 5.50. The molecule has 3 rings (SSSR count). The number of amides is 1. The number of nitrogens with zero attached hydrogens (tertiary/aromatic N) is 2. The van der Waals surface area contributed by atoms with Crippen molar-refractivity contribution in [2.45, 2.75) is 25.8 Å². The molecule has 1 amide bonds. The van der Waals surface area contributed by atoms with Gasteiger partial charge in [-0.2, -0.15) is 0 Å². The minimum absolute atomic E-state index is 0.105. The van der Waals surface area contributed by atoms with Crippen LogP contribution in [0.2, 0.25) is 0 Å². The van der Waals surface area contributed by atoms with E-state index in [4.69, 9.17) is 0 Å². The molecule has 2 heterocycles. The molecule has 0 aliphatic heterocycles. The summed E-state index contributed by atoms with van der Waals surface area (Å²) in [5.74, 6) is -0.392. The summed E-state index contributed by atoms with van der Waals surface area (Å²) in [5, 5.41) is 5.76. The highest BCUT2D eigenvalue weighted by Gasteiger charge is 2.12. The molecule has 0 aliphatic rings. The van der Waals surface area contributed by atoms with E-state index < -0.39 is 0 Å². The third kappa shape index (κ3) is 4.93. The molecule has 1 aromatic carbocycles. The van der Waals surface area contributed by atoms with Crippen molar-refractivity contribution in [3.05, 3.63) is 81.8 Å². The molecule has 3 aromatic rings. The molecule has 0 saturated carbocycles. The van der Waals surface area contributed by atoms with Crippen molar-refractivity contribution in [2.75, 3.05) is 0 Å². The molecule has 1 atom stereocenters. The topological polar surface area (TPSA) is 54.9 Å². The molecule has 128 valence electrons. The zero-order chi connectivity index (χ0) is 17.6. The smallest absolute Gasteiger partial charge is 0.226 e. The van der Waals surface area contributed by atoms with Crippen molar-refractivity contribution in [1.29, 1.82) is 0 Å². The molecule has 0 saturated heterocycles. The van der Waals surface area contributed by atoms with E-state index in [-0.39, 0.29) is 24.2 Å². The van der Waals surface area contributed by atoms with Crippen LogP contribution in [0.5, 0.6) is 0 Å². The van der Waals surface area contributed by atoms with Crippen LogP contribution in [0.15, 0.2) is 54.0 Å². The average Bonchev–Trinajstić information content (AvgIpc) is 3.03. The number of nitrogens with one attached hydrogen (secondary N) is 1. The molecule has 2 aromatic heterocycles. The zero-order valence-electron chi connectivity index (χ0n) is 13.8. The molecule has 0 spiro atoms. The van der Waals surface area contributed by atoms with Gasteiger partial charge in [-0.15, -0.1) is 11.3 Å². The van der Waals surface area contributed by atoms with Crippen molar-refractivity contribution < 1.29 is 9.18 Å². The van der Waals surface area contributed by atoms with Gasteiger partial charge in [0.05, 0.1) is 23.2 Å². The van der Waals surface area contributed by atoms with Gasteiger partial charge in [-0.1, -0.05) is 18.2 Å². The van der Waals surface area contributed by atoms with E-state index in [0.717, 1.165) is 22.0 Å². The maximum absolute atomic E-state index is 13.0. The number of hydrogen-bond acceptors (Lipinski definition) is 4. The first-order valence-corrected chi connectivity index (χ1v) is 8.86. The SMILES string of the molecule is C[C@H](NC(=O)Cc1csc(Cc2ccccn2)n1)c1ccc(F)cc1. The number of carbonyl (C=O) groups is 1. The van der Waals surface area contributed by atoms with E-state index in [1.54, 1.807) is 18.3 Å². The number of thiazole rings is 1. The van der Waals surface area contributed by atoms with Gasteiger partial charge in [0, 0.05) is 23.7 Å². The molecule has 0 radical (unpaired) electrons. The molecule has 0 aliphatic carbocycles. The van der Waals surface area contributed by atoms with Gasteiger partial charge < -0.3 is 5.32 Å². The summed E-state index contributed by atoms with van der Waals surface area (Å²) in [6, 6.07) is 11.7. The average molecular weight is 355 g/mol. The van der Waals surface area contributed by atoms with Gasteiger partial charge in [0.2, 0.25) is 5.91 Å². The highest BCUT2D eigenvalue weighted by atomic mass is 32.1. The van der Waals surface area contributed by atoms with E-state index >= 15 is 0 Å². The van der Waals surface area contributed by atoms with Gasteiger partial charge in [-0.3, -0.25) is 9.78 Å². The Bertz CT molecular complexity index is 833. The number of rotatable bonds is 6. The number of carbonyl (C=O) groups excluding carboxylic acids is 1. The molecule has 25 heavy (non-hydrogen) atoms. The first-order valence-electron chi connectivity index (χ1n) is 7.98. The fourth-order valence-electron chi connectivity index (χ4n) is 2.46. The third-order valence-electron chi connectivity index (χ3n) is 3.75. The van der Waals surface area contributed by atoms with Crippen LogP contribution in [0, 0.1) is 5.82 Å². The normalized spacial score (nSPS) is 11.9. The van der Waals surface area contributed by atoms with Gasteiger partial charge in [-0.05, 0) is 36.8 Å². The standard InChI is InChI=1S/C19H18FN3OS/c1-13(14-5-7-15(20)8-6-14)22-18(24)10-17-12-25-19(23-17)11-16-4-2-3-9-21-16/h2-9,12-13H,10-11H2,1H3,(H,22,24)/t13-/m0/s1. The zero-order valence-corrected chi connectivity index (χ0v) is 14.6. The number of pyridine rings is 1. The Morgan fingerprint density at radius 3 is 2.72 bits per heavy atom. The molecule has 4 nitrogen and oxygen atoms in total. The van der Waals surface area contributed by atoms with Crippen LogP contribution in [0.1, 0.15) is 34.9 Å². The molecule has 0 fully saturated rings. The lowest BCUT2D eigenvalue weighted by Gasteiger charge is -2.13. The van der Waals surface area contributed by atoms with E-state index in [1.165, 1.54) is 23.5 Å². The molecule has 1 N–H and O–H groups in total. The second kappa shape index (κ2) is 7.98. The van der Waals surface area contributed by atoms with Gasteiger partial charge in [0.25, 0.3) is 0 Å². The number of halogens is 1. The summed E-state index contributed by atoms with van der Waals surface area (Å²) < 4.78 is 13.0. The first kappa shape index (κ1) is 17.2. The summed E-state index contributed by atoms with van der Waals surface area (Å²) in [5.41, 5.74) is 2.57. The lowest BCUT2D eigenvalue weighted by atomic mass is 10.1. The van der Waals surface area contributed by atoms with Gasteiger partial charge in [-0.25, -0.2) is 9.37 Å². The molecule has 0 unspecified atom stereocenters. The Labute approximate surface area is 149 Å². The van der Waals surface area contributed by atoms with Crippen molar-refractivity contribution in [1.82, 2.24) is 15.3 Å². The Morgan fingerprint density at radius 1 is 1.20 bits per heavy atom. The van der Waals surface area contributed by atoms with Crippen molar-refractivity contribution in [3.8, 4) is 0 Å². The van der Waals surface area contributed by atoms with E-state index in [9.17, 15) is 9.18 Å². The lowest BCUT2D eigenvalue weighted by molar-refractivity contribution is -0.121. The largest absolute Gasteiger partial charge is 0.349 e. The fourth-order valence-corrected chi connectivity index (χ4v) is 3.27. The third-order valence-corrected chi connectivity index (χ3v) is 4.64. The maximum atomic E-state index is 13.0. The number of hydrogen-bond donors (Lipinski definition) is 1. The molecule has 0 bridgehead atoms. The Balaban J connectivity index is 1.55. The Hall–Kier alpha value is -2.60.